The van der Waals surface area contributed by atoms with Crippen molar-refractivity contribution in [3.8, 4) is 0 Å². The zero-order chi connectivity index (χ0) is 23.1. The lowest BCUT2D eigenvalue weighted by Gasteiger charge is -2.20. The number of aliphatic imine (C=N–C) groups is 1. The number of carbonyl (C=O) groups is 5. The van der Waals surface area contributed by atoms with Gasteiger partial charge in [-0.05, 0) is 12.8 Å². The molecule has 0 spiro atoms. The van der Waals surface area contributed by atoms with Gasteiger partial charge in [0.1, 0.15) is 6.04 Å². The Morgan fingerprint density at radius 3 is 2.23 bits per heavy atom. The number of rotatable bonds is 13. The second-order valence-electron chi connectivity index (χ2n) is 6.20. The lowest BCUT2D eigenvalue weighted by molar-refractivity contribution is -0.137. The zero-order valence-electron chi connectivity index (χ0n) is 17.1. The van der Waals surface area contributed by atoms with Crippen molar-refractivity contribution in [1.29, 1.82) is 0 Å². The van der Waals surface area contributed by atoms with Gasteiger partial charge in [-0.15, -0.1) is 0 Å². The van der Waals surface area contributed by atoms with E-state index in [1.165, 1.54) is 12.5 Å². The van der Waals surface area contributed by atoms with E-state index in [0.717, 1.165) is 4.90 Å². The molecule has 1 unspecified atom stereocenters. The predicted molar refractivity (Wildman–Crippen MR) is 106 cm³/mol. The van der Waals surface area contributed by atoms with E-state index in [9.17, 15) is 24.0 Å². The Balaban J connectivity index is 4.46. The van der Waals surface area contributed by atoms with Gasteiger partial charge in [0.25, 0.3) is 5.91 Å². The first-order valence-electron chi connectivity index (χ1n) is 9.16. The molecule has 0 heterocycles. The lowest BCUT2D eigenvalue weighted by atomic mass is 10.1. The monoisotopic (exact) mass is 430 g/mol. The van der Waals surface area contributed by atoms with Crippen molar-refractivity contribution in [2.75, 3.05) is 33.2 Å². The molecule has 0 aromatic rings. The molecule has 0 aliphatic carbocycles. The number of carbonyl (C=O) groups excluding carboxylic acids is 5. The summed E-state index contributed by atoms with van der Waals surface area (Å²) in [5, 5.41) is 15.9. The van der Waals surface area contributed by atoms with Crippen molar-refractivity contribution < 1.29 is 29.2 Å². The first-order chi connectivity index (χ1) is 14.1. The van der Waals surface area contributed by atoms with Crippen LogP contribution in [0.1, 0.15) is 26.2 Å². The average molecular weight is 430 g/mol. The van der Waals surface area contributed by atoms with Gasteiger partial charge in [0.15, 0.2) is 5.96 Å². The van der Waals surface area contributed by atoms with Gasteiger partial charge in [-0.25, -0.2) is 5.48 Å². The predicted octanol–water partition coefficient (Wildman–Crippen LogP) is -3.87. The van der Waals surface area contributed by atoms with Crippen LogP contribution in [0.3, 0.4) is 0 Å². The summed E-state index contributed by atoms with van der Waals surface area (Å²) in [5.41, 5.74) is 11.8. The van der Waals surface area contributed by atoms with Crippen LogP contribution in [-0.2, 0) is 24.0 Å². The first kappa shape index (κ1) is 26.6. The third kappa shape index (κ3) is 12.1. The van der Waals surface area contributed by atoms with Gasteiger partial charge in [0, 0.05) is 20.0 Å². The van der Waals surface area contributed by atoms with Crippen LogP contribution >= 0.6 is 0 Å². The minimum absolute atomic E-state index is 0.109. The molecule has 0 aromatic heterocycles. The molecule has 0 radical (unpaired) electrons. The van der Waals surface area contributed by atoms with E-state index in [1.807, 2.05) is 0 Å². The standard InChI is InChI=1S/C16H30N8O6/c1-3-11(25)20-7-12(26)21-8-14(28)24(2)9-13(27)22-10(15(29)23-30)5-4-6-19-16(17)18/h10,30H,3-9H2,1-2H3,(H,20,25)(H,21,26)(H,22,27)(H,23,29)(H4,17,18,19). The highest BCUT2D eigenvalue weighted by Crippen LogP contribution is 1.99. The Morgan fingerprint density at radius 1 is 1.03 bits per heavy atom. The van der Waals surface area contributed by atoms with E-state index in [2.05, 4.69) is 20.9 Å². The van der Waals surface area contributed by atoms with E-state index in [-0.39, 0.29) is 50.9 Å². The van der Waals surface area contributed by atoms with Crippen molar-refractivity contribution in [2.45, 2.75) is 32.2 Å². The van der Waals surface area contributed by atoms with Gasteiger partial charge in [-0.2, -0.15) is 0 Å². The minimum Gasteiger partial charge on any atom is -0.370 e. The summed E-state index contributed by atoms with van der Waals surface area (Å²) >= 11 is 0. The van der Waals surface area contributed by atoms with Crippen LogP contribution in [0, 0.1) is 0 Å². The second-order valence-corrected chi connectivity index (χ2v) is 6.20. The lowest BCUT2D eigenvalue weighted by Crippen LogP contribution is -2.50. The van der Waals surface area contributed by atoms with Crippen LogP contribution < -0.4 is 32.9 Å². The SMILES string of the molecule is CCC(=O)NCC(=O)NCC(=O)N(C)CC(=O)NC(CCCN=C(N)N)C(=O)NO. The maximum absolute atomic E-state index is 12.1. The van der Waals surface area contributed by atoms with Gasteiger partial charge in [0.2, 0.25) is 23.6 Å². The highest BCUT2D eigenvalue weighted by Gasteiger charge is 2.22. The second kappa shape index (κ2) is 14.6. The molecular weight excluding hydrogens is 400 g/mol. The molecular formula is C16H30N8O6. The molecule has 0 aromatic carbocycles. The largest absolute Gasteiger partial charge is 0.370 e. The van der Waals surface area contributed by atoms with Crippen LogP contribution in [-0.4, -0.2) is 84.9 Å². The molecule has 14 nitrogen and oxygen atoms in total. The maximum Gasteiger partial charge on any atom is 0.265 e. The Labute approximate surface area is 173 Å². The summed E-state index contributed by atoms with van der Waals surface area (Å²) in [4.78, 5) is 63.3. The average Bonchev–Trinajstić information content (AvgIpc) is 2.71. The smallest absolute Gasteiger partial charge is 0.265 e. The molecule has 0 fully saturated rings. The van der Waals surface area contributed by atoms with Gasteiger partial charge in [-0.1, -0.05) is 6.92 Å². The molecule has 0 aliphatic heterocycles. The summed E-state index contributed by atoms with van der Waals surface area (Å²) in [6.07, 6.45) is 0.728. The number of guanidine groups is 1. The molecule has 0 saturated carbocycles. The van der Waals surface area contributed by atoms with Crippen LogP contribution in [0.15, 0.2) is 4.99 Å². The van der Waals surface area contributed by atoms with Gasteiger partial charge < -0.3 is 32.3 Å². The quantitative estimate of drug-likeness (QED) is 0.0502. The number of hydrogen-bond donors (Lipinski definition) is 7. The number of amides is 5. The summed E-state index contributed by atoms with van der Waals surface area (Å²) in [6.45, 7) is 0.843. The Bertz CT molecular complexity index is 650. The molecule has 1 atom stereocenters. The molecule has 9 N–H and O–H groups in total. The number of nitrogens with one attached hydrogen (secondary N) is 4. The number of nitrogens with two attached hydrogens (primary N) is 2. The van der Waals surface area contributed by atoms with E-state index in [0.29, 0.717) is 6.42 Å². The first-order valence-corrected chi connectivity index (χ1v) is 9.16. The fraction of sp³-hybridized carbons (Fsp3) is 0.625. The van der Waals surface area contributed by atoms with E-state index >= 15 is 0 Å². The number of hydroxylamine groups is 1. The molecule has 0 rings (SSSR count). The normalized spacial score (nSPS) is 10.9. The van der Waals surface area contributed by atoms with Gasteiger partial charge >= 0.3 is 0 Å². The molecule has 5 amide bonds. The molecule has 0 bridgehead atoms. The van der Waals surface area contributed by atoms with Crippen molar-refractivity contribution in [2.24, 2.45) is 16.5 Å². The van der Waals surface area contributed by atoms with Gasteiger partial charge in [0.05, 0.1) is 19.6 Å². The maximum atomic E-state index is 12.1. The van der Waals surface area contributed by atoms with Crippen molar-refractivity contribution in [3.05, 3.63) is 0 Å². The Kier molecular flexibility index (Phi) is 12.9. The molecule has 0 aliphatic rings. The van der Waals surface area contributed by atoms with Crippen molar-refractivity contribution in [1.82, 2.24) is 26.3 Å². The van der Waals surface area contributed by atoms with Crippen LogP contribution in [0.25, 0.3) is 0 Å². The topological polar surface area (TPSA) is 221 Å². The third-order valence-corrected chi connectivity index (χ3v) is 3.72. The molecule has 0 saturated heterocycles. The third-order valence-electron chi connectivity index (χ3n) is 3.72. The van der Waals surface area contributed by atoms with Crippen LogP contribution in [0.4, 0.5) is 0 Å². The van der Waals surface area contributed by atoms with E-state index < -0.39 is 29.7 Å². The number of nitrogens with zero attached hydrogens (tertiary/aromatic N) is 2. The van der Waals surface area contributed by atoms with E-state index in [4.69, 9.17) is 16.7 Å². The summed E-state index contributed by atoms with van der Waals surface area (Å²) < 4.78 is 0. The van der Waals surface area contributed by atoms with Crippen molar-refractivity contribution in [3.63, 3.8) is 0 Å². The fourth-order valence-corrected chi connectivity index (χ4v) is 2.07. The van der Waals surface area contributed by atoms with E-state index in [1.54, 1.807) is 6.92 Å². The molecule has 14 heteroatoms. The summed E-state index contributed by atoms with van der Waals surface area (Å²) in [6, 6.07) is -1.05. The summed E-state index contributed by atoms with van der Waals surface area (Å²) in [5.74, 6) is -3.00. The minimum atomic E-state index is -1.05. The van der Waals surface area contributed by atoms with Crippen molar-refractivity contribution >= 4 is 35.5 Å². The zero-order valence-corrected chi connectivity index (χ0v) is 17.1. The van der Waals surface area contributed by atoms with Gasteiger partial charge in [-0.3, -0.25) is 34.2 Å². The van der Waals surface area contributed by atoms with Crippen LogP contribution in [0.5, 0.6) is 0 Å². The summed E-state index contributed by atoms with van der Waals surface area (Å²) in [7, 11) is 1.34. The highest BCUT2D eigenvalue weighted by molar-refractivity contribution is 5.91. The molecule has 170 valence electrons. The number of hydrogen-bond acceptors (Lipinski definition) is 7. The fourth-order valence-electron chi connectivity index (χ4n) is 2.07. The molecule has 30 heavy (non-hydrogen) atoms. The number of likely N-dealkylation sites (N-methyl/N-ethyl adjacent to an activating group) is 1. The van der Waals surface area contributed by atoms with Crippen LogP contribution in [0.2, 0.25) is 0 Å². The Morgan fingerprint density at radius 2 is 1.67 bits per heavy atom. The highest BCUT2D eigenvalue weighted by atomic mass is 16.5. The Hall–Kier alpha value is -3.42.